The lowest BCUT2D eigenvalue weighted by Crippen LogP contribution is -2.58. The van der Waals surface area contributed by atoms with E-state index in [2.05, 4.69) is 34.2 Å². The molecule has 2 aromatic heterocycles. The van der Waals surface area contributed by atoms with Crippen LogP contribution in [0.2, 0.25) is 10.0 Å². The van der Waals surface area contributed by atoms with Gasteiger partial charge in [-0.15, -0.1) is 0 Å². The van der Waals surface area contributed by atoms with E-state index in [1.165, 1.54) is 16.7 Å². The van der Waals surface area contributed by atoms with Crippen molar-refractivity contribution < 1.29 is 14.3 Å². The maximum Gasteiger partial charge on any atom is 0.220 e. The number of aryl methyl sites for hydroxylation is 2. The third-order valence-electron chi connectivity index (χ3n) is 11.7. The van der Waals surface area contributed by atoms with Gasteiger partial charge in [-0.25, -0.2) is 9.97 Å². The summed E-state index contributed by atoms with van der Waals surface area (Å²) in [4.78, 5) is 27.0. The van der Waals surface area contributed by atoms with Crippen molar-refractivity contribution in [2.24, 2.45) is 11.3 Å². The Balaban J connectivity index is 1.03. The maximum absolute atomic E-state index is 11.9. The summed E-state index contributed by atoms with van der Waals surface area (Å²) < 4.78 is 11.8. The van der Waals surface area contributed by atoms with Crippen molar-refractivity contribution in [3.05, 3.63) is 80.8 Å². The fourth-order valence-electron chi connectivity index (χ4n) is 9.37. The van der Waals surface area contributed by atoms with Gasteiger partial charge in [0.05, 0.1) is 35.7 Å². The number of hydrogen-bond donors (Lipinski definition) is 1. The number of nitrogens with one attached hydrogen (secondary N) is 1. The molecule has 3 saturated heterocycles. The Morgan fingerprint density at radius 1 is 0.780 bits per heavy atom. The number of carbonyl (C=O) groups excluding carboxylic acids is 1. The number of likely N-dealkylation sites (tertiary alicyclic amines) is 2. The summed E-state index contributed by atoms with van der Waals surface area (Å²) >= 11 is 14.5. The fraction of sp³-hybridized carbons (Fsp3) is 0.425. The van der Waals surface area contributed by atoms with Crippen molar-refractivity contribution in [3.63, 3.8) is 0 Å². The van der Waals surface area contributed by atoms with Crippen molar-refractivity contribution in [2.45, 2.75) is 51.1 Å². The van der Waals surface area contributed by atoms with Crippen molar-refractivity contribution in [1.29, 1.82) is 0 Å². The average Bonchev–Trinajstić information content (AvgIpc) is 3.82. The maximum atomic E-state index is 11.9. The highest BCUT2D eigenvalue weighted by atomic mass is 35.5. The molecule has 0 bridgehead atoms. The Morgan fingerprint density at radius 2 is 1.28 bits per heavy atom. The molecule has 3 aliphatic heterocycles. The molecular weight excluding hydrogens is 669 g/mol. The van der Waals surface area contributed by atoms with Crippen LogP contribution in [0.1, 0.15) is 60.5 Å². The zero-order valence-corrected chi connectivity index (χ0v) is 30.2. The minimum Gasteiger partial charge on any atom is -0.481 e. The van der Waals surface area contributed by atoms with Crippen LogP contribution in [0.15, 0.2) is 48.5 Å². The number of hydrogen-bond acceptors (Lipinski definition) is 7. The molecule has 5 heterocycles. The van der Waals surface area contributed by atoms with Gasteiger partial charge in [-0.2, -0.15) is 0 Å². The molecule has 258 valence electrons. The summed E-state index contributed by atoms with van der Waals surface area (Å²) in [5, 5.41) is 4.20. The fourth-order valence-corrected chi connectivity index (χ4v) is 10.0. The number of pyridine rings is 2. The molecule has 3 fully saturated rings. The van der Waals surface area contributed by atoms with E-state index in [4.69, 9.17) is 42.6 Å². The number of amides is 1. The molecule has 9 rings (SSSR count). The van der Waals surface area contributed by atoms with Gasteiger partial charge >= 0.3 is 0 Å². The second-order valence-electron chi connectivity index (χ2n) is 15.0. The van der Waals surface area contributed by atoms with Crippen LogP contribution in [-0.2, 0) is 17.6 Å². The summed E-state index contributed by atoms with van der Waals surface area (Å²) in [6, 6.07) is 17.0. The van der Waals surface area contributed by atoms with Crippen LogP contribution in [0.5, 0.6) is 11.8 Å². The normalized spacial score (nSPS) is 22.6. The number of nitrogens with zero attached hydrogens (tertiary/aromatic N) is 4. The molecule has 2 atom stereocenters. The molecule has 50 heavy (non-hydrogen) atoms. The van der Waals surface area contributed by atoms with Gasteiger partial charge in [-0.05, 0) is 54.9 Å². The number of halogens is 2. The lowest BCUT2D eigenvalue weighted by molar-refractivity contribution is -0.121. The molecule has 2 aromatic carbocycles. The first-order chi connectivity index (χ1) is 24.3. The SMILES string of the molecule is COc1nc(-c2cccc(-c3cccc(-c4cc5c(c(OC)n4)[C@@H](N4CC6(CNC(=O)C6)C4)CC5)c3Cl)c2Cl)cc2c1[C@@H](N1CC(C)C1)CC2. The van der Waals surface area contributed by atoms with E-state index in [0.717, 1.165) is 104 Å². The van der Waals surface area contributed by atoms with E-state index in [9.17, 15) is 4.79 Å². The zero-order valence-electron chi connectivity index (χ0n) is 28.7. The van der Waals surface area contributed by atoms with Gasteiger partial charge in [-0.3, -0.25) is 14.6 Å². The summed E-state index contributed by atoms with van der Waals surface area (Å²) in [6.07, 6.45) is 4.64. The zero-order chi connectivity index (χ0) is 34.3. The average molecular weight is 711 g/mol. The molecule has 1 N–H and O–H groups in total. The first kappa shape index (κ1) is 32.2. The van der Waals surface area contributed by atoms with E-state index in [1.54, 1.807) is 14.2 Å². The minimum atomic E-state index is 0.0749. The molecule has 10 heteroatoms. The minimum absolute atomic E-state index is 0.0749. The van der Waals surface area contributed by atoms with Gasteiger partial charge in [0, 0.05) is 90.0 Å². The monoisotopic (exact) mass is 709 g/mol. The quantitative estimate of drug-likeness (QED) is 0.212. The third-order valence-corrected chi connectivity index (χ3v) is 12.5. The lowest BCUT2D eigenvalue weighted by atomic mass is 9.77. The molecule has 5 aliphatic rings. The van der Waals surface area contributed by atoms with Gasteiger partial charge in [0.2, 0.25) is 17.7 Å². The highest BCUT2D eigenvalue weighted by molar-refractivity contribution is 6.39. The number of aromatic nitrogens is 2. The Hall–Kier alpha value is -3.69. The molecular formula is C40H41Cl2N5O3. The third kappa shape index (κ3) is 5.13. The topological polar surface area (TPSA) is 79.8 Å². The largest absolute Gasteiger partial charge is 0.481 e. The number of benzene rings is 2. The van der Waals surface area contributed by atoms with E-state index < -0.39 is 0 Å². The summed E-state index contributed by atoms with van der Waals surface area (Å²) in [5.41, 5.74) is 9.93. The number of rotatable bonds is 7. The second-order valence-corrected chi connectivity index (χ2v) is 15.8. The van der Waals surface area contributed by atoms with Crippen LogP contribution in [0.3, 0.4) is 0 Å². The Labute approximate surface area is 303 Å². The molecule has 0 radical (unpaired) electrons. The molecule has 1 amide bonds. The number of methoxy groups -OCH3 is 2. The Morgan fingerprint density at radius 3 is 1.74 bits per heavy atom. The lowest BCUT2D eigenvalue weighted by Gasteiger charge is -2.50. The highest BCUT2D eigenvalue weighted by Crippen LogP contribution is 2.50. The van der Waals surface area contributed by atoms with Crippen molar-refractivity contribution >= 4 is 29.1 Å². The molecule has 1 spiro atoms. The Bertz CT molecular complexity index is 2040. The van der Waals surface area contributed by atoms with Crippen LogP contribution < -0.4 is 14.8 Å². The smallest absolute Gasteiger partial charge is 0.220 e. The van der Waals surface area contributed by atoms with Crippen LogP contribution in [-0.4, -0.2) is 72.6 Å². The van der Waals surface area contributed by atoms with E-state index >= 15 is 0 Å². The predicted molar refractivity (Wildman–Crippen MR) is 196 cm³/mol. The number of ether oxygens (including phenoxy) is 2. The first-order valence-electron chi connectivity index (χ1n) is 17.7. The summed E-state index contributed by atoms with van der Waals surface area (Å²) in [7, 11) is 3.40. The van der Waals surface area contributed by atoms with Gasteiger partial charge in [0.15, 0.2) is 0 Å². The predicted octanol–water partition coefficient (Wildman–Crippen LogP) is 7.55. The van der Waals surface area contributed by atoms with E-state index in [0.29, 0.717) is 34.3 Å². The van der Waals surface area contributed by atoms with Crippen LogP contribution >= 0.6 is 23.2 Å². The van der Waals surface area contributed by atoms with Crippen molar-refractivity contribution in [1.82, 2.24) is 25.1 Å². The standard InChI is InChI=1S/C40H41Cl2N5O3/c1-22-17-46(18-22)31-12-10-23-14-29(44-38(49-2)34(23)31)27-8-4-6-25(36(27)41)26-7-5-9-28(37(26)42)30-15-24-11-13-32(35(24)39(45-30)50-3)47-20-40(21-47)16-33(48)43-19-40/h4-9,14-15,22,31-32H,10-13,16-21H2,1-3H3,(H,43,48)/t31-,32-/m0/s1. The van der Waals surface area contributed by atoms with Gasteiger partial charge < -0.3 is 14.8 Å². The van der Waals surface area contributed by atoms with Crippen LogP contribution in [0.25, 0.3) is 33.6 Å². The molecule has 8 nitrogen and oxygen atoms in total. The molecule has 0 unspecified atom stereocenters. The van der Waals surface area contributed by atoms with E-state index in [-0.39, 0.29) is 17.4 Å². The first-order valence-corrected chi connectivity index (χ1v) is 18.5. The van der Waals surface area contributed by atoms with E-state index in [1.807, 2.05) is 36.4 Å². The van der Waals surface area contributed by atoms with Crippen LogP contribution in [0, 0.1) is 11.3 Å². The van der Waals surface area contributed by atoms with Gasteiger partial charge in [0.1, 0.15) is 0 Å². The highest BCUT2D eigenvalue weighted by Gasteiger charge is 2.51. The summed E-state index contributed by atoms with van der Waals surface area (Å²) in [6.45, 7) is 7.16. The summed E-state index contributed by atoms with van der Waals surface area (Å²) in [5.74, 6) is 2.24. The van der Waals surface area contributed by atoms with Crippen molar-refractivity contribution in [2.75, 3.05) is 46.9 Å². The van der Waals surface area contributed by atoms with Gasteiger partial charge in [-0.1, -0.05) is 66.5 Å². The van der Waals surface area contributed by atoms with Gasteiger partial charge in [0.25, 0.3) is 0 Å². The van der Waals surface area contributed by atoms with Crippen LogP contribution in [0.4, 0.5) is 0 Å². The molecule has 0 saturated carbocycles. The number of fused-ring (bicyclic) bond motifs is 2. The molecule has 2 aliphatic carbocycles. The van der Waals surface area contributed by atoms with Crippen molar-refractivity contribution in [3.8, 4) is 45.4 Å². The number of carbonyl (C=O) groups is 1. The molecule has 4 aromatic rings. The second kappa shape index (κ2) is 12.2. The Kier molecular flexibility index (Phi) is 7.88.